The molecule has 2 heterocycles. The SMILES string of the molecule is [C-]#[N+]C1=C[C@@]2(C)c3nc(-c4cc(C)ncn4)nc(-c4ccccc4F)c3CC[C@@H]2[C@@H](C)C1=O. The Bertz CT molecular complexity index is 1380. The van der Waals surface area contributed by atoms with Crippen molar-refractivity contribution in [3.8, 4) is 22.8 Å². The Kier molecular flexibility index (Phi) is 4.89. The number of carbonyl (C=O) groups excluding carboxylic acids is 1. The number of allylic oxidation sites excluding steroid dienone is 2. The van der Waals surface area contributed by atoms with Crippen LogP contribution in [0, 0.1) is 31.1 Å². The van der Waals surface area contributed by atoms with Crippen LogP contribution in [0.2, 0.25) is 0 Å². The Hall–Kier alpha value is -3.79. The van der Waals surface area contributed by atoms with Crippen molar-refractivity contribution in [3.05, 3.63) is 82.6 Å². The van der Waals surface area contributed by atoms with Crippen molar-refractivity contribution in [3.63, 3.8) is 0 Å². The molecule has 3 atom stereocenters. The summed E-state index contributed by atoms with van der Waals surface area (Å²) in [6.07, 6.45) is 4.58. The summed E-state index contributed by atoms with van der Waals surface area (Å²) in [7, 11) is 0. The largest absolute Gasteiger partial charge is 0.308 e. The van der Waals surface area contributed by atoms with Gasteiger partial charge in [-0.05, 0) is 43.9 Å². The number of rotatable bonds is 2. The summed E-state index contributed by atoms with van der Waals surface area (Å²) in [4.78, 5) is 34.5. The Morgan fingerprint density at radius 1 is 1.21 bits per heavy atom. The van der Waals surface area contributed by atoms with Gasteiger partial charge in [0, 0.05) is 28.2 Å². The van der Waals surface area contributed by atoms with Gasteiger partial charge in [0.05, 0.1) is 18.0 Å². The lowest BCUT2D eigenvalue weighted by molar-refractivity contribution is -0.121. The van der Waals surface area contributed by atoms with Gasteiger partial charge in [-0.3, -0.25) is 0 Å². The number of aryl methyl sites for hydroxylation is 1. The van der Waals surface area contributed by atoms with Crippen molar-refractivity contribution in [1.29, 1.82) is 0 Å². The van der Waals surface area contributed by atoms with E-state index in [4.69, 9.17) is 16.5 Å². The van der Waals surface area contributed by atoms with Gasteiger partial charge < -0.3 is 4.79 Å². The monoisotopic (exact) mass is 439 g/mol. The van der Waals surface area contributed by atoms with E-state index in [1.807, 2.05) is 20.8 Å². The number of benzene rings is 1. The van der Waals surface area contributed by atoms with E-state index in [1.54, 1.807) is 30.3 Å². The second kappa shape index (κ2) is 7.66. The predicted octanol–water partition coefficient (Wildman–Crippen LogP) is 4.89. The van der Waals surface area contributed by atoms with Crippen LogP contribution in [0.4, 0.5) is 4.39 Å². The van der Waals surface area contributed by atoms with Crippen LogP contribution < -0.4 is 0 Å². The minimum atomic E-state index is -0.652. The Morgan fingerprint density at radius 2 is 2.00 bits per heavy atom. The fraction of sp³-hybridized carbons (Fsp3) is 0.308. The summed E-state index contributed by atoms with van der Waals surface area (Å²) < 4.78 is 14.9. The average molecular weight is 439 g/mol. The molecule has 7 heteroatoms. The van der Waals surface area contributed by atoms with E-state index in [-0.39, 0.29) is 29.1 Å². The Balaban J connectivity index is 1.84. The van der Waals surface area contributed by atoms with Gasteiger partial charge in [0.25, 0.3) is 0 Å². The van der Waals surface area contributed by atoms with Gasteiger partial charge in [0.2, 0.25) is 5.70 Å². The molecule has 2 aromatic heterocycles. The van der Waals surface area contributed by atoms with Gasteiger partial charge in [-0.25, -0.2) is 29.2 Å². The number of hydrogen-bond donors (Lipinski definition) is 0. The average Bonchev–Trinajstić information content (AvgIpc) is 2.81. The van der Waals surface area contributed by atoms with Crippen LogP contribution in [0.25, 0.3) is 27.6 Å². The molecule has 0 saturated carbocycles. The first-order valence-electron chi connectivity index (χ1n) is 10.9. The number of Topliss-reactive ketones (excluding diaryl/α,β-unsaturated/α-hetero) is 1. The number of halogens is 1. The molecule has 0 spiro atoms. The molecular formula is C26H22FN5O. The first-order chi connectivity index (χ1) is 15.8. The molecule has 0 N–H and O–H groups in total. The van der Waals surface area contributed by atoms with Crippen LogP contribution in [-0.4, -0.2) is 25.7 Å². The van der Waals surface area contributed by atoms with E-state index in [0.29, 0.717) is 29.2 Å². The number of fused-ring (bicyclic) bond motifs is 3. The fourth-order valence-electron chi connectivity index (χ4n) is 5.31. The van der Waals surface area contributed by atoms with Gasteiger partial charge in [-0.1, -0.05) is 32.1 Å². The maximum absolute atomic E-state index is 14.9. The third-order valence-electron chi connectivity index (χ3n) is 6.98. The second-order valence-corrected chi connectivity index (χ2v) is 8.97. The summed E-state index contributed by atoms with van der Waals surface area (Å²) in [5.41, 5.74) is 3.33. The highest BCUT2D eigenvalue weighted by Crippen LogP contribution is 2.51. The lowest BCUT2D eigenvalue weighted by atomic mass is 9.58. The molecule has 0 aliphatic heterocycles. The van der Waals surface area contributed by atoms with Gasteiger partial charge in [0.1, 0.15) is 17.8 Å². The smallest absolute Gasteiger partial charge is 0.226 e. The second-order valence-electron chi connectivity index (χ2n) is 8.97. The molecule has 6 nitrogen and oxygen atoms in total. The van der Waals surface area contributed by atoms with Crippen LogP contribution in [0.3, 0.4) is 0 Å². The minimum Gasteiger partial charge on any atom is -0.308 e. The number of ketones is 1. The third-order valence-corrected chi connectivity index (χ3v) is 6.98. The molecule has 164 valence electrons. The number of nitrogens with zero attached hydrogens (tertiary/aromatic N) is 5. The summed E-state index contributed by atoms with van der Waals surface area (Å²) in [6.45, 7) is 13.3. The van der Waals surface area contributed by atoms with Crippen molar-refractivity contribution in [2.45, 2.75) is 39.0 Å². The Labute approximate surface area is 191 Å². The van der Waals surface area contributed by atoms with Crippen LogP contribution in [0.5, 0.6) is 0 Å². The standard InChI is InChI=1S/C26H22FN5O/c1-14-11-20(30-13-29-14)25-31-22(16-7-5-6-8-19(16)27)17-9-10-18-15(2)23(33)21(28-4)12-26(18,3)24(17)32-25/h5-8,11-13,15,18H,9-10H2,1-3H3/t15-,18-,26-/m1/s1. The van der Waals surface area contributed by atoms with Crippen LogP contribution >= 0.6 is 0 Å². The first-order valence-corrected chi connectivity index (χ1v) is 10.9. The molecule has 0 radical (unpaired) electrons. The molecule has 3 aromatic rings. The van der Waals surface area contributed by atoms with Gasteiger partial charge in [-0.15, -0.1) is 0 Å². The van der Waals surface area contributed by atoms with Crippen molar-refractivity contribution in [2.24, 2.45) is 11.8 Å². The van der Waals surface area contributed by atoms with Gasteiger partial charge in [-0.2, -0.15) is 0 Å². The minimum absolute atomic E-state index is 0.00800. The lowest BCUT2D eigenvalue weighted by Gasteiger charge is -2.46. The van der Waals surface area contributed by atoms with Crippen molar-refractivity contribution < 1.29 is 9.18 Å². The molecule has 1 aromatic carbocycles. The summed E-state index contributed by atoms with van der Waals surface area (Å²) in [5.74, 6) is -0.409. The van der Waals surface area contributed by atoms with Gasteiger partial charge >= 0.3 is 0 Å². The van der Waals surface area contributed by atoms with E-state index in [2.05, 4.69) is 14.8 Å². The van der Waals surface area contributed by atoms with Crippen LogP contribution in [0.1, 0.15) is 37.2 Å². The van der Waals surface area contributed by atoms with Crippen molar-refractivity contribution >= 4 is 5.78 Å². The first kappa shape index (κ1) is 21.1. The number of carbonyl (C=O) groups is 1. The zero-order chi connectivity index (χ0) is 23.3. The molecule has 2 aliphatic carbocycles. The summed E-state index contributed by atoms with van der Waals surface area (Å²) >= 11 is 0. The molecule has 0 saturated heterocycles. The van der Waals surface area contributed by atoms with E-state index in [9.17, 15) is 9.18 Å². The van der Waals surface area contributed by atoms with E-state index < -0.39 is 5.41 Å². The molecular weight excluding hydrogens is 417 g/mol. The Morgan fingerprint density at radius 3 is 2.73 bits per heavy atom. The van der Waals surface area contributed by atoms with Crippen LogP contribution in [0.15, 0.2) is 48.4 Å². The summed E-state index contributed by atoms with van der Waals surface area (Å²) in [6, 6.07) is 8.37. The normalized spacial score (nSPS) is 23.8. The molecule has 5 rings (SSSR count). The third kappa shape index (κ3) is 3.25. The highest BCUT2D eigenvalue weighted by Gasteiger charge is 2.49. The zero-order valence-corrected chi connectivity index (χ0v) is 18.6. The molecule has 0 bridgehead atoms. The van der Waals surface area contributed by atoms with Crippen molar-refractivity contribution in [2.75, 3.05) is 0 Å². The fourth-order valence-corrected chi connectivity index (χ4v) is 5.31. The highest BCUT2D eigenvalue weighted by molar-refractivity contribution is 6.00. The number of hydrogen-bond acceptors (Lipinski definition) is 5. The lowest BCUT2D eigenvalue weighted by Crippen LogP contribution is -2.46. The molecule has 0 unspecified atom stereocenters. The quantitative estimate of drug-likeness (QED) is 0.532. The molecule has 0 amide bonds. The molecule has 2 aliphatic rings. The topological polar surface area (TPSA) is 73.0 Å². The molecule has 0 fully saturated rings. The van der Waals surface area contributed by atoms with Gasteiger partial charge in [0.15, 0.2) is 11.6 Å². The maximum atomic E-state index is 14.9. The number of aromatic nitrogens is 4. The van der Waals surface area contributed by atoms with E-state index in [0.717, 1.165) is 23.4 Å². The zero-order valence-electron chi connectivity index (χ0n) is 18.6. The highest BCUT2D eigenvalue weighted by atomic mass is 19.1. The summed E-state index contributed by atoms with van der Waals surface area (Å²) in [5, 5.41) is 0. The maximum Gasteiger partial charge on any atom is 0.226 e. The van der Waals surface area contributed by atoms with E-state index in [1.165, 1.54) is 12.4 Å². The van der Waals surface area contributed by atoms with Crippen molar-refractivity contribution in [1.82, 2.24) is 19.9 Å². The van der Waals surface area contributed by atoms with Crippen LogP contribution in [-0.2, 0) is 16.6 Å². The molecule has 33 heavy (non-hydrogen) atoms. The van der Waals surface area contributed by atoms with E-state index >= 15 is 0 Å². The predicted molar refractivity (Wildman–Crippen MR) is 121 cm³/mol.